The molecular weight excluding hydrogens is 250 g/mol. The monoisotopic (exact) mass is 277 g/mol. The molecule has 1 aliphatic rings. The second-order valence-corrected chi connectivity index (χ2v) is 6.20. The van der Waals surface area contributed by atoms with Crippen molar-refractivity contribution >= 4 is 0 Å². The molecule has 1 fully saturated rings. The molecule has 0 heterocycles. The number of aliphatic hydroxyl groups excluding tert-OH is 2. The molecule has 0 aromatic heterocycles. The van der Waals surface area contributed by atoms with Crippen LogP contribution in [-0.4, -0.2) is 28.9 Å². The predicted octanol–water partition coefficient (Wildman–Crippen LogP) is 2.74. The van der Waals surface area contributed by atoms with Crippen molar-refractivity contribution in [2.24, 2.45) is 0 Å². The van der Waals surface area contributed by atoms with E-state index in [1.54, 1.807) is 0 Å². The minimum Gasteiger partial charge on any atom is -0.392 e. The van der Waals surface area contributed by atoms with E-state index in [1.165, 1.54) is 5.56 Å². The topological polar surface area (TPSA) is 52.5 Å². The molecule has 1 aromatic carbocycles. The van der Waals surface area contributed by atoms with E-state index in [0.29, 0.717) is 12.5 Å². The summed E-state index contributed by atoms with van der Waals surface area (Å²) in [5, 5.41) is 23.4. The average Bonchev–Trinajstić information content (AvgIpc) is 2.46. The Hall–Kier alpha value is -0.900. The van der Waals surface area contributed by atoms with Crippen LogP contribution in [0.2, 0.25) is 0 Å². The highest BCUT2D eigenvalue weighted by Crippen LogP contribution is 2.21. The number of hydrogen-bond acceptors (Lipinski definition) is 3. The van der Waals surface area contributed by atoms with E-state index in [1.807, 2.05) is 12.1 Å². The molecule has 20 heavy (non-hydrogen) atoms. The van der Waals surface area contributed by atoms with Gasteiger partial charge in [-0.3, -0.25) is 0 Å². The van der Waals surface area contributed by atoms with Gasteiger partial charge in [0.15, 0.2) is 0 Å². The summed E-state index contributed by atoms with van der Waals surface area (Å²) in [4.78, 5) is 0. The van der Waals surface area contributed by atoms with Gasteiger partial charge >= 0.3 is 0 Å². The Bertz CT molecular complexity index is 402. The molecular formula is C17H27NO2. The van der Waals surface area contributed by atoms with Gasteiger partial charge in [-0.25, -0.2) is 0 Å². The molecule has 3 unspecified atom stereocenters. The highest BCUT2D eigenvalue weighted by Gasteiger charge is 2.23. The highest BCUT2D eigenvalue weighted by molar-refractivity contribution is 5.26. The summed E-state index contributed by atoms with van der Waals surface area (Å²) >= 11 is 0. The van der Waals surface area contributed by atoms with Gasteiger partial charge in [0.05, 0.1) is 12.2 Å². The SMILES string of the molecule is CC(C)c1ccc(C(O)CNC2CCCCC2O)cc1. The summed E-state index contributed by atoms with van der Waals surface area (Å²) in [6.45, 7) is 4.83. The minimum atomic E-state index is -0.509. The number of rotatable bonds is 5. The maximum atomic E-state index is 10.2. The van der Waals surface area contributed by atoms with E-state index in [4.69, 9.17) is 0 Å². The van der Waals surface area contributed by atoms with E-state index in [9.17, 15) is 10.2 Å². The van der Waals surface area contributed by atoms with Crippen molar-refractivity contribution in [3.63, 3.8) is 0 Å². The van der Waals surface area contributed by atoms with Crippen LogP contribution in [0.5, 0.6) is 0 Å². The molecule has 0 bridgehead atoms. The first-order valence-electron chi connectivity index (χ1n) is 7.77. The molecule has 1 aliphatic carbocycles. The molecule has 0 aliphatic heterocycles. The van der Waals surface area contributed by atoms with Crippen LogP contribution in [0, 0.1) is 0 Å². The summed E-state index contributed by atoms with van der Waals surface area (Å²) in [5.41, 5.74) is 2.23. The molecule has 112 valence electrons. The van der Waals surface area contributed by atoms with Gasteiger partial charge in [0.25, 0.3) is 0 Å². The van der Waals surface area contributed by atoms with Crippen molar-refractivity contribution in [1.29, 1.82) is 0 Å². The van der Waals surface area contributed by atoms with Crippen molar-refractivity contribution < 1.29 is 10.2 Å². The molecule has 3 heteroatoms. The van der Waals surface area contributed by atoms with Crippen molar-refractivity contribution in [2.75, 3.05) is 6.54 Å². The predicted molar refractivity (Wildman–Crippen MR) is 81.8 cm³/mol. The first-order valence-corrected chi connectivity index (χ1v) is 7.77. The quantitative estimate of drug-likeness (QED) is 0.775. The standard InChI is InChI=1S/C17H27NO2/c1-12(2)13-7-9-14(10-8-13)17(20)11-18-15-5-3-4-6-16(15)19/h7-10,12,15-20H,3-6,11H2,1-2H3. The van der Waals surface area contributed by atoms with Crippen LogP contribution in [0.15, 0.2) is 24.3 Å². The second kappa shape index (κ2) is 7.21. The van der Waals surface area contributed by atoms with Crippen LogP contribution in [0.4, 0.5) is 0 Å². The van der Waals surface area contributed by atoms with Gasteiger partial charge in [-0.2, -0.15) is 0 Å². The lowest BCUT2D eigenvalue weighted by Gasteiger charge is -2.29. The molecule has 0 saturated heterocycles. The maximum Gasteiger partial charge on any atom is 0.0914 e. The van der Waals surface area contributed by atoms with Crippen molar-refractivity contribution in [3.05, 3.63) is 35.4 Å². The van der Waals surface area contributed by atoms with E-state index in [-0.39, 0.29) is 12.1 Å². The fourth-order valence-corrected chi connectivity index (χ4v) is 2.83. The lowest BCUT2D eigenvalue weighted by atomic mass is 9.92. The summed E-state index contributed by atoms with van der Waals surface area (Å²) < 4.78 is 0. The summed E-state index contributed by atoms with van der Waals surface area (Å²) in [6, 6.07) is 8.29. The maximum absolute atomic E-state index is 10.2. The lowest BCUT2D eigenvalue weighted by molar-refractivity contribution is 0.0797. The van der Waals surface area contributed by atoms with Crippen LogP contribution in [0.1, 0.15) is 62.7 Å². The van der Waals surface area contributed by atoms with E-state index in [2.05, 4.69) is 31.3 Å². The smallest absolute Gasteiger partial charge is 0.0914 e. The minimum absolute atomic E-state index is 0.133. The third kappa shape index (κ3) is 4.05. The van der Waals surface area contributed by atoms with Gasteiger partial charge in [-0.15, -0.1) is 0 Å². The Morgan fingerprint density at radius 2 is 1.70 bits per heavy atom. The van der Waals surface area contributed by atoms with Crippen LogP contribution < -0.4 is 5.32 Å². The summed E-state index contributed by atoms with van der Waals surface area (Å²) in [7, 11) is 0. The zero-order valence-corrected chi connectivity index (χ0v) is 12.5. The van der Waals surface area contributed by atoms with Gasteiger partial charge in [-0.1, -0.05) is 51.0 Å². The molecule has 0 amide bonds. The van der Waals surface area contributed by atoms with Crippen LogP contribution in [0.25, 0.3) is 0 Å². The zero-order chi connectivity index (χ0) is 14.5. The third-order valence-electron chi connectivity index (χ3n) is 4.29. The van der Waals surface area contributed by atoms with E-state index in [0.717, 1.165) is 31.2 Å². The molecule has 3 N–H and O–H groups in total. The highest BCUT2D eigenvalue weighted by atomic mass is 16.3. The van der Waals surface area contributed by atoms with Crippen LogP contribution >= 0.6 is 0 Å². The molecule has 3 atom stereocenters. The van der Waals surface area contributed by atoms with Crippen LogP contribution in [-0.2, 0) is 0 Å². The van der Waals surface area contributed by atoms with Crippen molar-refractivity contribution in [2.45, 2.75) is 63.7 Å². The van der Waals surface area contributed by atoms with Gasteiger partial charge < -0.3 is 15.5 Å². The van der Waals surface area contributed by atoms with Crippen LogP contribution in [0.3, 0.4) is 0 Å². The fourth-order valence-electron chi connectivity index (χ4n) is 2.83. The molecule has 2 rings (SSSR count). The molecule has 0 radical (unpaired) electrons. The number of hydrogen-bond donors (Lipinski definition) is 3. The fraction of sp³-hybridized carbons (Fsp3) is 0.647. The first kappa shape index (κ1) is 15.5. The average molecular weight is 277 g/mol. The molecule has 1 saturated carbocycles. The van der Waals surface area contributed by atoms with Gasteiger partial charge in [0.2, 0.25) is 0 Å². The van der Waals surface area contributed by atoms with Gasteiger partial charge in [0.1, 0.15) is 0 Å². The summed E-state index contributed by atoms with van der Waals surface area (Å²) in [6.07, 6.45) is 3.37. The number of nitrogens with one attached hydrogen (secondary N) is 1. The Labute approximate surface area is 122 Å². The lowest BCUT2D eigenvalue weighted by Crippen LogP contribution is -2.43. The second-order valence-electron chi connectivity index (χ2n) is 6.20. The number of aliphatic hydroxyl groups is 2. The summed E-state index contributed by atoms with van der Waals surface area (Å²) in [5.74, 6) is 0.511. The molecule has 3 nitrogen and oxygen atoms in total. The van der Waals surface area contributed by atoms with Crippen molar-refractivity contribution in [3.8, 4) is 0 Å². The Balaban J connectivity index is 1.86. The van der Waals surface area contributed by atoms with E-state index < -0.39 is 6.10 Å². The van der Waals surface area contributed by atoms with E-state index >= 15 is 0 Å². The van der Waals surface area contributed by atoms with Gasteiger partial charge in [-0.05, 0) is 29.9 Å². The first-order chi connectivity index (χ1) is 9.58. The normalized spacial score (nSPS) is 24.9. The van der Waals surface area contributed by atoms with Gasteiger partial charge in [0, 0.05) is 12.6 Å². The Morgan fingerprint density at radius 3 is 2.30 bits per heavy atom. The molecule has 0 spiro atoms. The molecule has 1 aromatic rings. The number of benzene rings is 1. The Morgan fingerprint density at radius 1 is 1.10 bits per heavy atom. The van der Waals surface area contributed by atoms with Crippen molar-refractivity contribution in [1.82, 2.24) is 5.32 Å². The third-order valence-corrected chi connectivity index (χ3v) is 4.29. The largest absolute Gasteiger partial charge is 0.392 e. The Kier molecular flexibility index (Phi) is 5.58. The zero-order valence-electron chi connectivity index (χ0n) is 12.5.